The smallest absolute Gasteiger partial charge is 0.211 e. The van der Waals surface area contributed by atoms with Crippen LogP contribution < -0.4 is 4.72 Å². The lowest BCUT2D eigenvalue weighted by Gasteiger charge is -2.06. The maximum atomic E-state index is 11.9. The molecule has 0 aliphatic rings. The van der Waals surface area contributed by atoms with Gasteiger partial charge in [-0.25, -0.2) is 13.1 Å². The van der Waals surface area contributed by atoms with Crippen molar-refractivity contribution in [1.29, 1.82) is 0 Å². The Morgan fingerprint density at radius 1 is 1.26 bits per heavy atom. The monoisotopic (exact) mass is 279 g/mol. The van der Waals surface area contributed by atoms with Crippen LogP contribution in [0.3, 0.4) is 0 Å². The van der Waals surface area contributed by atoms with Crippen LogP contribution in [0.5, 0.6) is 0 Å². The van der Waals surface area contributed by atoms with Gasteiger partial charge in [-0.15, -0.1) is 5.73 Å². The summed E-state index contributed by atoms with van der Waals surface area (Å²) in [4.78, 5) is 0.318. The van der Waals surface area contributed by atoms with Crippen molar-refractivity contribution in [3.63, 3.8) is 0 Å². The molecular formula is C15H21NO2S. The first kappa shape index (κ1) is 15.7. The van der Waals surface area contributed by atoms with E-state index in [0.29, 0.717) is 11.4 Å². The molecule has 0 fully saturated rings. The van der Waals surface area contributed by atoms with E-state index in [0.717, 1.165) is 24.0 Å². The van der Waals surface area contributed by atoms with Crippen LogP contribution in [0.1, 0.15) is 32.3 Å². The minimum Gasteiger partial charge on any atom is -0.211 e. The van der Waals surface area contributed by atoms with Crippen molar-refractivity contribution in [1.82, 2.24) is 4.72 Å². The molecule has 4 heteroatoms. The number of allylic oxidation sites excluding steroid dienone is 1. The molecule has 0 unspecified atom stereocenters. The summed E-state index contributed by atoms with van der Waals surface area (Å²) < 4.78 is 26.5. The van der Waals surface area contributed by atoms with Crippen molar-refractivity contribution in [2.75, 3.05) is 6.54 Å². The molecule has 3 nitrogen and oxygen atoms in total. The number of hydrogen-bond acceptors (Lipinski definition) is 2. The highest BCUT2D eigenvalue weighted by atomic mass is 32.2. The maximum Gasteiger partial charge on any atom is 0.240 e. The van der Waals surface area contributed by atoms with Crippen LogP contribution in [-0.2, 0) is 10.0 Å². The molecule has 104 valence electrons. The topological polar surface area (TPSA) is 46.2 Å². The third-order valence-corrected chi connectivity index (χ3v) is 4.02. The molecule has 1 rings (SSSR count). The second-order valence-corrected chi connectivity index (χ2v) is 6.47. The fourth-order valence-corrected chi connectivity index (χ4v) is 2.56. The Hall–Kier alpha value is -1.35. The van der Waals surface area contributed by atoms with Gasteiger partial charge in [0.15, 0.2) is 0 Å². The Balaban J connectivity index is 2.48. The average Bonchev–Trinajstić information content (AvgIpc) is 2.34. The quantitative estimate of drug-likeness (QED) is 0.642. The van der Waals surface area contributed by atoms with Gasteiger partial charge in [-0.05, 0) is 57.4 Å². The predicted octanol–water partition coefficient (Wildman–Crippen LogP) is 3.17. The summed E-state index contributed by atoms with van der Waals surface area (Å²) in [6, 6.07) is 6.85. The third kappa shape index (κ3) is 5.88. The molecule has 0 radical (unpaired) electrons. The second kappa shape index (κ2) is 7.29. The normalized spacial score (nSPS) is 10.9. The number of unbranched alkanes of at least 4 members (excludes halogenated alkanes) is 1. The second-order valence-electron chi connectivity index (χ2n) is 4.70. The van der Waals surface area contributed by atoms with Gasteiger partial charge >= 0.3 is 0 Å². The van der Waals surface area contributed by atoms with E-state index in [4.69, 9.17) is 0 Å². The molecule has 0 aliphatic heterocycles. The van der Waals surface area contributed by atoms with Crippen molar-refractivity contribution in [3.8, 4) is 0 Å². The summed E-state index contributed by atoms with van der Waals surface area (Å²) in [5.74, 6) is 0. The third-order valence-electron chi connectivity index (χ3n) is 2.54. The van der Waals surface area contributed by atoms with Gasteiger partial charge < -0.3 is 0 Å². The van der Waals surface area contributed by atoms with E-state index in [1.54, 1.807) is 24.3 Å². The number of nitrogens with one attached hydrogen (secondary N) is 1. The maximum absolute atomic E-state index is 11.9. The van der Waals surface area contributed by atoms with Crippen LogP contribution in [0, 0.1) is 6.92 Å². The molecule has 0 atom stereocenters. The highest BCUT2D eigenvalue weighted by Gasteiger charge is 2.11. The van der Waals surface area contributed by atoms with E-state index >= 15 is 0 Å². The zero-order valence-corrected chi connectivity index (χ0v) is 12.5. The average molecular weight is 279 g/mol. The molecule has 1 aromatic rings. The van der Waals surface area contributed by atoms with E-state index in [1.165, 1.54) is 0 Å². The molecule has 0 heterocycles. The van der Waals surface area contributed by atoms with E-state index in [1.807, 2.05) is 26.8 Å². The molecule has 1 N–H and O–H groups in total. The van der Waals surface area contributed by atoms with Gasteiger partial charge in [0.25, 0.3) is 0 Å². The van der Waals surface area contributed by atoms with Gasteiger partial charge in [-0.3, -0.25) is 0 Å². The molecule has 19 heavy (non-hydrogen) atoms. The van der Waals surface area contributed by atoms with Crippen LogP contribution in [0.15, 0.2) is 46.5 Å². The Morgan fingerprint density at radius 2 is 1.89 bits per heavy atom. The van der Waals surface area contributed by atoms with Gasteiger partial charge in [0.1, 0.15) is 0 Å². The van der Waals surface area contributed by atoms with E-state index < -0.39 is 10.0 Å². The van der Waals surface area contributed by atoms with Gasteiger partial charge in [0.05, 0.1) is 4.90 Å². The fraction of sp³-hybridized carbons (Fsp3) is 0.400. The number of hydrogen-bond donors (Lipinski definition) is 1. The summed E-state index contributed by atoms with van der Waals surface area (Å²) in [5.41, 5.74) is 5.27. The van der Waals surface area contributed by atoms with Gasteiger partial charge in [0.2, 0.25) is 10.0 Å². The summed E-state index contributed by atoms with van der Waals surface area (Å²) in [7, 11) is -3.37. The van der Waals surface area contributed by atoms with Crippen LogP contribution in [-0.4, -0.2) is 15.0 Å². The zero-order valence-electron chi connectivity index (χ0n) is 11.7. The Morgan fingerprint density at radius 3 is 2.47 bits per heavy atom. The van der Waals surface area contributed by atoms with Crippen LogP contribution in [0.4, 0.5) is 0 Å². The van der Waals surface area contributed by atoms with Gasteiger partial charge in [-0.2, -0.15) is 0 Å². The Labute approximate surface area is 116 Å². The minimum atomic E-state index is -3.37. The van der Waals surface area contributed by atoms with Crippen molar-refractivity contribution < 1.29 is 8.42 Å². The Bertz CT molecular complexity index is 561. The first-order valence-corrected chi connectivity index (χ1v) is 7.85. The molecule has 1 aromatic carbocycles. The number of sulfonamides is 1. The molecule has 0 aliphatic carbocycles. The van der Waals surface area contributed by atoms with Crippen LogP contribution in [0.25, 0.3) is 0 Å². The molecule has 0 bridgehead atoms. The van der Waals surface area contributed by atoms with Crippen molar-refractivity contribution in [3.05, 3.63) is 47.2 Å². The molecule has 0 amide bonds. The lowest BCUT2D eigenvalue weighted by Crippen LogP contribution is -2.24. The summed E-state index contributed by atoms with van der Waals surface area (Å²) >= 11 is 0. The lowest BCUT2D eigenvalue weighted by molar-refractivity contribution is 0.579. The number of benzene rings is 1. The largest absolute Gasteiger partial charge is 0.240 e. The molecule has 0 saturated carbocycles. The van der Waals surface area contributed by atoms with Crippen molar-refractivity contribution in [2.45, 2.75) is 38.5 Å². The van der Waals surface area contributed by atoms with E-state index in [2.05, 4.69) is 10.5 Å². The summed E-state index contributed by atoms with van der Waals surface area (Å²) in [5, 5.41) is 0. The van der Waals surface area contributed by atoms with Crippen LogP contribution >= 0.6 is 0 Å². The number of rotatable bonds is 6. The minimum absolute atomic E-state index is 0.318. The predicted molar refractivity (Wildman–Crippen MR) is 78.5 cm³/mol. The highest BCUT2D eigenvalue weighted by Crippen LogP contribution is 2.09. The van der Waals surface area contributed by atoms with Crippen LogP contribution in [0.2, 0.25) is 0 Å². The lowest BCUT2D eigenvalue weighted by atomic mass is 10.2. The first-order chi connectivity index (χ1) is 8.92. The zero-order chi connectivity index (χ0) is 14.3. The molecule has 0 spiro atoms. The standard InChI is InChI=1S/C15H21NO2S/c1-13(2)7-5-4-6-12-16-19(17,18)15-10-8-14(3)9-11-15/h5,8-11,16H,4,6,12H2,1-3H3. The number of aryl methyl sites for hydroxylation is 1. The fourth-order valence-electron chi connectivity index (χ4n) is 1.49. The van der Waals surface area contributed by atoms with Crippen molar-refractivity contribution in [2.24, 2.45) is 0 Å². The molecular weight excluding hydrogens is 258 g/mol. The van der Waals surface area contributed by atoms with Crippen molar-refractivity contribution >= 4 is 10.0 Å². The Kier molecular flexibility index (Phi) is 6.03. The van der Waals surface area contributed by atoms with Gasteiger partial charge in [0, 0.05) is 6.54 Å². The molecule has 0 saturated heterocycles. The summed E-state index contributed by atoms with van der Waals surface area (Å²) in [6.07, 6.45) is 3.53. The first-order valence-electron chi connectivity index (χ1n) is 6.36. The molecule has 0 aromatic heterocycles. The highest BCUT2D eigenvalue weighted by molar-refractivity contribution is 7.89. The van der Waals surface area contributed by atoms with E-state index in [-0.39, 0.29) is 0 Å². The SMILES string of the molecule is CC(C)=C=CCCCNS(=O)(=O)c1ccc(C)cc1. The van der Waals surface area contributed by atoms with Gasteiger partial charge in [-0.1, -0.05) is 17.7 Å². The summed E-state index contributed by atoms with van der Waals surface area (Å²) in [6.45, 7) is 6.34. The van der Waals surface area contributed by atoms with E-state index in [9.17, 15) is 8.42 Å².